The Morgan fingerprint density at radius 1 is 0.892 bits per heavy atom. The van der Waals surface area contributed by atoms with Crippen molar-refractivity contribution in [2.75, 3.05) is 43.8 Å². The van der Waals surface area contributed by atoms with E-state index in [1.165, 1.54) is 24.3 Å². The van der Waals surface area contributed by atoms with E-state index in [0.717, 1.165) is 21.4 Å². The van der Waals surface area contributed by atoms with E-state index in [-0.39, 0.29) is 34.9 Å². The standard InChI is InChI=1S/C26H25Cl2N3O5S/c27-20-7-8-22(28)23(15-20)31(37(33,34)21-4-2-1-3-5-21)17-26(32)30-12-10-29(11-13-30)16-19-6-9-24-25(14-19)36-18-35-24/h1-9,14-15H,10-13,16-18H2. The molecule has 1 saturated heterocycles. The van der Waals surface area contributed by atoms with E-state index in [2.05, 4.69) is 4.90 Å². The number of fused-ring (bicyclic) bond motifs is 1. The van der Waals surface area contributed by atoms with Gasteiger partial charge in [-0.25, -0.2) is 8.42 Å². The summed E-state index contributed by atoms with van der Waals surface area (Å²) in [6, 6.07) is 18.4. The molecule has 8 nitrogen and oxygen atoms in total. The van der Waals surface area contributed by atoms with Gasteiger partial charge in [0.05, 0.1) is 15.6 Å². The molecule has 3 aromatic rings. The smallest absolute Gasteiger partial charge is 0.264 e. The number of nitrogens with zero attached hydrogens (tertiary/aromatic N) is 3. The van der Waals surface area contributed by atoms with E-state index < -0.39 is 10.0 Å². The largest absolute Gasteiger partial charge is 0.454 e. The van der Waals surface area contributed by atoms with Gasteiger partial charge in [0, 0.05) is 37.7 Å². The third-order valence-corrected chi connectivity index (χ3v) is 8.68. The first kappa shape index (κ1) is 25.7. The first-order valence-electron chi connectivity index (χ1n) is 11.7. The van der Waals surface area contributed by atoms with Crippen LogP contribution in [0.3, 0.4) is 0 Å². The molecule has 0 spiro atoms. The quantitative estimate of drug-likeness (QED) is 0.428. The summed E-state index contributed by atoms with van der Waals surface area (Å²) in [4.78, 5) is 17.3. The van der Waals surface area contributed by atoms with Crippen molar-refractivity contribution in [2.24, 2.45) is 0 Å². The molecule has 11 heteroatoms. The van der Waals surface area contributed by atoms with Gasteiger partial charge in [0.1, 0.15) is 6.54 Å². The number of carbonyl (C=O) groups is 1. The van der Waals surface area contributed by atoms with Crippen LogP contribution in [0, 0.1) is 0 Å². The fourth-order valence-corrected chi connectivity index (χ4v) is 6.25. The third kappa shape index (κ3) is 5.65. The maximum Gasteiger partial charge on any atom is 0.264 e. The molecular formula is C26H25Cl2N3O5S. The molecule has 1 fully saturated rings. The highest BCUT2D eigenvalue weighted by Gasteiger charge is 2.31. The molecule has 0 saturated carbocycles. The van der Waals surface area contributed by atoms with Gasteiger partial charge >= 0.3 is 0 Å². The number of piperazine rings is 1. The molecule has 0 atom stereocenters. The molecule has 2 heterocycles. The molecule has 3 aromatic carbocycles. The van der Waals surface area contributed by atoms with Crippen LogP contribution in [0.2, 0.25) is 10.0 Å². The average Bonchev–Trinajstić information content (AvgIpc) is 3.37. The summed E-state index contributed by atoms with van der Waals surface area (Å²) in [6.45, 7) is 2.83. The van der Waals surface area contributed by atoms with Gasteiger partial charge in [-0.3, -0.25) is 14.0 Å². The number of hydrogen-bond acceptors (Lipinski definition) is 6. The predicted molar refractivity (Wildman–Crippen MR) is 142 cm³/mol. The Labute approximate surface area is 225 Å². The predicted octanol–water partition coefficient (Wildman–Crippen LogP) is 4.26. The van der Waals surface area contributed by atoms with Crippen LogP contribution in [-0.2, 0) is 21.4 Å². The number of anilines is 1. The molecule has 194 valence electrons. The van der Waals surface area contributed by atoms with E-state index in [4.69, 9.17) is 32.7 Å². The number of benzene rings is 3. The van der Waals surface area contributed by atoms with Crippen molar-refractivity contribution in [2.45, 2.75) is 11.4 Å². The fourth-order valence-electron chi connectivity index (χ4n) is 4.37. The highest BCUT2D eigenvalue weighted by Crippen LogP contribution is 2.34. The molecule has 2 aliphatic rings. The minimum Gasteiger partial charge on any atom is -0.454 e. The Morgan fingerprint density at radius 3 is 2.38 bits per heavy atom. The average molecular weight is 562 g/mol. The van der Waals surface area contributed by atoms with E-state index in [0.29, 0.717) is 37.7 Å². The van der Waals surface area contributed by atoms with Crippen molar-refractivity contribution in [1.29, 1.82) is 0 Å². The maximum atomic E-state index is 13.6. The van der Waals surface area contributed by atoms with Crippen molar-refractivity contribution < 1.29 is 22.7 Å². The van der Waals surface area contributed by atoms with Gasteiger partial charge in [0.15, 0.2) is 11.5 Å². The van der Waals surface area contributed by atoms with Crippen LogP contribution in [-0.4, -0.2) is 63.6 Å². The van der Waals surface area contributed by atoms with Crippen LogP contribution < -0.4 is 13.8 Å². The van der Waals surface area contributed by atoms with Crippen LogP contribution in [0.4, 0.5) is 5.69 Å². The Morgan fingerprint density at radius 2 is 1.62 bits per heavy atom. The fraction of sp³-hybridized carbons (Fsp3) is 0.269. The van der Waals surface area contributed by atoms with Gasteiger partial charge in [-0.05, 0) is 48.0 Å². The van der Waals surface area contributed by atoms with Gasteiger partial charge in [-0.2, -0.15) is 0 Å². The molecular weight excluding hydrogens is 537 g/mol. The van der Waals surface area contributed by atoms with E-state index in [9.17, 15) is 13.2 Å². The summed E-state index contributed by atoms with van der Waals surface area (Å²) < 4.78 is 39.0. The first-order chi connectivity index (χ1) is 17.8. The van der Waals surface area contributed by atoms with E-state index >= 15 is 0 Å². The lowest BCUT2D eigenvalue weighted by Gasteiger charge is -2.36. The van der Waals surface area contributed by atoms with Crippen molar-refractivity contribution in [3.05, 3.63) is 82.3 Å². The number of carbonyl (C=O) groups excluding carboxylic acids is 1. The molecule has 0 bridgehead atoms. The molecule has 5 rings (SSSR count). The lowest BCUT2D eigenvalue weighted by molar-refractivity contribution is -0.131. The molecule has 37 heavy (non-hydrogen) atoms. The second kappa shape index (κ2) is 10.8. The lowest BCUT2D eigenvalue weighted by Crippen LogP contribution is -2.51. The zero-order valence-corrected chi connectivity index (χ0v) is 22.2. The molecule has 0 radical (unpaired) electrons. The summed E-state index contributed by atoms with van der Waals surface area (Å²) in [6.07, 6.45) is 0. The topological polar surface area (TPSA) is 79.4 Å². The Balaban J connectivity index is 1.29. The summed E-state index contributed by atoms with van der Waals surface area (Å²) in [7, 11) is -4.07. The summed E-state index contributed by atoms with van der Waals surface area (Å²) in [5.74, 6) is 1.18. The van der Waals surface area contributed by atoms with Gasteiger partial charge in [-0.15, -0.1) is 0 Å². The van der Waals surface area contributed by atoms with Gasteiger partial charge < -0.3 is 14.4 Å². The third-order valence-electron chi connectivity index (χ3n) is 6.36. The Hall–Kier alpha value is -2.98. The molecule has 0 unspecified atom stereocenters. The SMILES string of the molecule is O=C(CN(c1cc(Cl)ccc1Cl)S(=O)(=O)c1ccccc1)N1CCN(Cc2ccc3c(c2)OCO3)CC1. The molecule has 0 N–H and O–H groups in total. The number of ether oxygens (including phenoxy) is 2. The second-order valence-corrected chi connectivity index (χ2v) is 11.5. The van der Waals surface area contributed by atoms with E-state index in [1.807, 2.05) is 18.2 Å². The van der Waals surface area contributed by atoms with Crippen LogP contribution >= 0.6 is 23.2 Å². The van der Waals surface area contributed by atoms with Crippen LogP contribution in [0.5, 0.6) is 11.5 Å². The highest BCUT2D eigenvalue weighted by atomic mass is 35.5. The highest BCUT2D eigenvalue weighted by molar-refractivity contribution is 7.92. The first-order valence-corrected chi connectivity index (χ1v) is 13.9. The Kier molecular flexibility index (Phi) is 7.48. The summed E-state index contributed by atoms with van der Waals surface area (Å²) in [5, 5.41) is 0.502. The van der Waals surface area contributed by atoms with Gasteiger partial charge in [-0.1, -0.05) is 47.5 Å². The Bertz CT molecular complexity index is 1400. The number of sulfonamides is 1. The zero-order chi connectivity index (χ0) is 26.0. The van der Waals surface area contributed by atoms with E-state index in [1.54, 1.807) is 29.2 Å². The van der Waals surface area contributed by atoms with Gasteiger partial charge in [0.2, 0.25) is 12.7 Å². The summed E-state index contributed by atoms with van der Waals surface area (Å²) in [5.41, 5.74) is 1.26. The molecule has 1 amide bonds. The molecule has 0 aromatic heterocycles. The minimum atomic E-state index is -4.07. The van der Waals surface area contributed by atoms with Crippen molar-refractivity contribution >= 4 is 44.8 Å². The van der Waals surface area contributed by atoms with Crippen LogP contribution in [0.15, 0.2) is 71.6 Å². The van der Waals surface area contributed by atoms with Gasteiger partial charge in [0.25, 0.3) is 10.0 Å². The van der Waals surface area contributed by atoms with Crippen LogP contribution in [0.25, 0.3) is 0 Å². The molecule has 0 aliphatic carbocycles. The van der Waals surface area contributed by atoms with Crippen molar-refractivity contribution in [3.63, 3.8) is 0 Å². The minimum absolute atomic E-state index is 0.0624. The van der Waals surface area contributed by atoms with Crippen molar-refractivity contribution in [1.82, 2.24) is 9.80 Å². The lowest BCUT2D eigenvalue weighted by atomic mass is 10.1. The second-order valence-electron chi connectivity index (χ2n) is 8.77. The maximum absolute atomic E-state index is 13.6. The summed E-state index contributed by atoms with van der Waals surface area (Å²) >= 11 is 12.5. The van der Waals surface area contributed by atoms with Crippen molar-refractivity contribution in [3.8, 4) is 11.5 Å². The molecule has 2 aliphatic heterocycles. The number of hydrogen-bond donors (Lipinski definition) is 0. The van der Waals surface area contributed by atoms with Crippen LogP contribution in [0.1, 0.15) is 5.56 Å². The zero-order valence-electron chi connectivity index (χ0n) is 19.8. The number of halogens is 2. The number of amides is 1. The normalized spacial score (nSPS) is 15.6. The monoisotopic (exact) mass is 561 g/mol. The number of rotatable bonds is 7.